The molecule has 0 aliphatic rings. The third-order valence-corrected chi connectivity index (χ3v) is 11.4. The smallest absolute Gasteiger partial charge is 0.306 e. The third-order valence-electron chi connectivity index (χ3n) is 11.4. The number of carbonyl (C=O) groups excluding carboxylic acids is 3. The molecule has 0 aromatic rings. The molecule has 6 nitrogen and oxygen atoms in total. The summed E-state index contributed by atoms with van der Waals surface area (Å²) < 4.78 is 11.5. The normalized spacial score (nSPS) is 11.5. The van der Waals surface area contributed by atoms with Crippen LogP contribution in [0.15, 0.2) is 0 Å². The topological polar surface area (TPSA) is 72.9 Å². The summed E-state index contributed by atoms with van der Waals surface area (Å²) in [7, 11) is 0. The number of carbonyl (C=O) groups is 3. The van der Waals surface area contributed by atoms with Crippen molar-refractivity contribution < 1.29 is 23.9 Å². The van der Waals surface area contributed by atoms with Crippen molar-refractivity contribution >= 4 is 17.7 Å². The summed E-state index contributed by atoms with van der Waals surface area (Å²) in [6, 6.07) is 0. The van der Waals surface area contributed by atoms with Gasteiger partial charge in [-0.05, 0) is 90.3 Å². The monoisotopic (exact) mass is 778 g/mol. The minimum Gasteiger partial charge on any atom is -0.466 e. The van der Waals surface area contributed by atoms with Gasteiger partial charge in [-0.1, -0.05) is 169 Å². The van der Waals surface area contributed by atoms with Gasteiger partial charge in [0.1, 0.15) is 11.9 Å². The zero-order valence-corrected chi connectivity index (χ0v) is 37.6. The molecule has 0 atom stereocenters. The average molecular weight is 778 g/mol. The van der Waals surface area contributed by atoms with E-state index < -0.39 is 0 Å². The van der Waals surface area contributed by atoms with Crippen molar-refractivity contribution in [2.75, 3.05) is 26.2 Å². The molecule has 55 heavy (non-hydrogen) atoms. The van der Waals surface area contributed by atoms with E-state index in [1.54, 1.807) is 0 Å². The third kappa shape index (κ3) is 40.6. The van der Waals surface area contributed by atoms with Gasteiger partial charge in [0, 0.05) is 25.7 Å². The predicted molar refractivity (Wildman–Crippen MR) is 236 cm³/mol. The first kappa shape index (κ1) is 53.6. The molecule has 0 unspecified atom stereocenters. The lowest BCUT2D eigenvalue weighted by Crippen LogP contribution is -2.27. The zero-order valence-electron chi connectivity index (χ0n) is 37.6. The Balaban J connectivity index is 4.29. The lowest BCUT2D eigenvalue weighted by Gasteiger charge is -2.22. The highest BCUT2D eigenvalue weighted by Crippen LogP contribution is 2.19. The molecule has 0 fully saturated rings. The van der Waals surface area contributed by atoms with Crippen LogP contribution in [-0.2, 0) is 23.9 Å². The highest BCUT2D eigenvalue weighted by molar-refractivity contribution is 5.77. The molecule has 0 rings (SSSR count). The van der Waals surface area contributed by atoms with Crippen LogP contribution in [-0.4, -0.2) is 55.0 Å². The zero-order chi connectivity index (χ0) is 40.3. The summed E-state index contributed by atoms with van der Waals surface area (Å²) >= 11 is 0. The van der Waals surface area contributed by atoms with Crippen molar-refractivity contribution in [1.82, 2.24) is 4.90 Å². The Kier molecular flexibility index (Phi) is 42.6. The van der Waals surface area contributed by atoms with Crippen LogP contribution in [0.25, 0.3) is 0 Å². The maximum Gasteiger partial charge on any atom is 0.306 e. The second-order valence-electron chi connectivity index (χ2n) is 16.8. The predicted octanol–water partition coefficient (Wildman–Crippen LogP) is 14.8. The van der Waals surface area contributed by atoms with E-state index in [0.717, 1.165) is 77.4 Å². The Morgan fingerprint density at radius 1 is 0.400 bits per heavy atom. The number of Topliss-reactive ketones (excluding diaryl/α,β-unsaturated/α-hetero) is 1. The van der Waals surface area contributed by atoms with E-state index in [0.29, 0.717) is 38.1 Å². The lowest BCUT2D eigenvalue weighted by molar-refractivity contribution is -0.150. The Morgan fingerprint density at radius 3 is 1.24 bits per heavy atom. The molecule has 0 radical (unpaired) electrons. The number of hydrogen-bond acceptors (Lipinski definition) is 6. The molecule has 0 amide bonds. The van der Waals surface area contributed by atoms with E-state index in [1.807, 2.05) is 6.92 Å². The number of hydrogen-bond donors (Lipinski definition) is 0. The fraction of sp³-hybridized carbons (Fsp3) is 0.939. The maximum absolute atomic E-state index is 12.8. The highest BCUT2D eigenvalue weighted by Gasteiger charge is 2.14. The van der Waals surface area contributed by atoms with Gasteiger partial charge in [-0.15, -0.1) is 0 Å². The largest absolute Gasteiger partial charge is 0.466 e. The number of nitrogens with zero attached hydrogens (tertiary/aromatic N) is 1. The van der Waals surface area contributed by atoms with E-state index in [9.17, 15) is 14.4 Å². The number of ether oxygens (including phenoxy) is 2. The van der Waals surface area contributed by atoms with E-state index in [4.69, 9.17) is 9.47 Å². The Labute approximate surface area is 343 Å². The minimum absolute atomic E-state index is 0.0217. The second-order valence-corrected chi connectivity index (χ2v) is 16.8. The van der Waals surface area contributed by atoms with Crippen LogP contribution < -0.4 is 0 Å². The SMILES string of the molecule is CCCCCCCCCOC(=O)CCCCCCCN(CCCCCCCC(=O)OC(CCCCCCCC)CCCCCCCC)CCCCC(=O)CC. The number of ketones is 1. The van der Waals surface area contributed by atoms with E-state index in [2.05, 4.69) is 25.7 Å². The van der Waals surface area contributed by atoms with Crippen LogP contribution in [0.1, 0.15) is 265 Å². The van der Waals surface area contributed by atoms with Crippen molar-refractivity contribution in [3.8, 4) is 0 Å². The molecule has 0 aliphatic carbocycles. The second kappa shape index (κ2) is 43.7. The molecule has 0 spiro atoms. The molecule has 0 N–H and O–H groups in total. The molecular formula is C49H95NO5. The molecule has 0 aromatic carbocycles. The van der Waals surface area contributed by atoms with Gasteiger partial charge in [0.25, 0.3) is 0 Å². The van der Waals surface area contributed by atoms with Crippen molar-refractivity contribution in [1.29, 1.82) is 0 Å². The van der Waals surface area contributed by atoms with Gasteiger partial charge in [0.05, 0.1) is 6.61 Å². The molecule has 0 aromatic heterocycles. The molecule has 0 bridgehead atoms. The Hall–Kier alpha value is -1.43. The van der Waals surface area contributed by atoms with Gasteiger partial charge < -0.3 is 14.4 Å². The molecule has 6 heteroatoms. The molecule has 0 saturated carbocycles. The molecule has 0 heterocycles. The van der Waals surface area contributed by atoms with Crippen LogP contribution in [0.2, 0.25) is 0 Å². The first-order valence-corrected chi connectivity index (χ1v) is 24.6. The van der Waals surface area contributed by atoms with Crippen molar-refractivity contribution in [3.63, 3.8) is 0 Å². The first-order valence-electron chi connectivity index (χ1n) is 24.6. The van der Waals surface area contributed by atoms with Gasteiger partial charge in [-0.25, -0.2) is 0 Å². The van der Waals surface area contributed by atoms with Crippen LogP contribution in [0.3, 0.4) is 0 Å². The quantitative estimate of drug-likeness (QED) is 0.0453. The van der Waals surface area contributed by atoms with Gasteiger partial charge in [0.2, 0.25) is 0 Å². The fourth-order valence-corrected chi connectivity index (χ4v) is 7.57. The summed E-state index contributed by atoms with van der Waals surface area (Å²) in [4.78, 5) is 39.3. The van der Waals surface area contributed by atoms with Gasteiger partial charge in [0.15, 0.2) is 0 Å². The first-order chi connectivity index (χ1) is 27.0. The van der Waals surface area contributed by atoms with Crippen LogP contribution in [0.5, 0.6) is 0 Å². The van der Waals surface area contributed by atoms with E-state index >= 15 is 0 Å². The standard InChI is InChI=1S/C49H95NO5/c1-5-9-12-15-18-27-36-45-54-48(52)40-30-23-19-25-33-42-50(44-35-32-37-46(51)8-4)43-34-26-20-24-31-41-49(53)55-47(38-28-21-16-13-10-6-2)39-29-22-17-14-11-7-3/h47H,5-45H2,1-4H3. The van der Waals surface area contributed by atoms with Gasteiger partial charge >= 0.3 is 11.9 Å². The van der Waals surface area contributed by atoms with E-state index in [1.165, 1.54) is 154 Å². The maximum atomic E-state index is 12.8. The summed E-state index contributed by atoms with van der Waals surface area (Å²) in [5, 5.41) is 0. The van der Waals surface area contributed by atoms with Gasteiger partial charge in [-0.3, -0.25) is 14.4 Å². The summed E-state index contributed by atoms with van der Waals surface area (Å²) in [5.41, 5.74) is 0. The Morgan fingerprint density at radius 2 is 0.764 bits per heavy atom. The molecule has 0 saturated heterocycles. The lowest BCUT2D eigenvalue weighted by atomic mass is 10.0. The number of rotatable bonds is 45. The summed E-state index contributed by atoms with van der Waals surface area (Å²) in [5.74, 6) is 0.376. The van der Waals surface area contributed by atoms with Crippen molar-refractivity contribution in [2.24, 2.45) is 0 Å². The molecular weight excluding hydrogens is 683 g/mol. The average Bonchev–Trinajstić information content (AvgIpc) is 3.18. The van der Waals surface area contributed by atoms with Crippen LogP contribution in [0.4, 0.5) is 0 Å². The summed E-state index contributed by atoms with van der Waals surface area (Å²) in [6.45, 7) is 12.6. The van der Waals surface area contributed by atoms with Crippen LogP contribution >= 0.6 is 0 Å². The number of unbranched alkanes of at least 4 members (excludes halogenated alkanes) is 25. The summed E-state index contributed by atoms with van der Waals surface area (Å²) in [6.07, 6.45) is 42.0. The fourth-order valence-electron chi connectivity index (χ4n) is 7.57. The highest BCUT2D eigenvalue weighted by atomic mass is 16.5. The molecule has 326 valence electrons. The van der Waals surface area contributed by atoms with Crippen molar-refractivity contribution in [2.45, 2.75) is 271 Å². The van der Waals surface area contributed by atoms with Gasteiger partial charge in [-0.2, -0.15) is 0 Å². The minimum atomic E-state index is -0.0232. The molecule has 0 aliphatic heterocycles. The van der Waals surface area contributed by atoms with Crippen molar-refractivity contribution in [3.05, 3.63) is 0 Å². The number of esters is 2. The van der Waals surface area contributed by atoms with E-state index in [-0.39, 0.29) is 18.0 Å². The Bertz CT molecular complexity index is 816. The van der Waals surface area contributed by atoms with Crippen LogP contribution in [0, 0.1) is 0 Å².